The fraction of sp³-hybridized carbons (Fsp3) is 0.320. The van der Waals surface area contributed by atoms with Crippen LogP contribution in [0.4, 0.5) is 0 Å². The number of rotatable bonds is 9. The number of carbonyl (C=O) groups excluding carboxylic acids is 1. The average Bonchev–Trinajstić information content (AvgIpc) is 3.27. The molecule has 1 fully saturated rings. The molecule has 0 aliphatic heterocycles. The molecule has 1 aliphatic rings. The molecule has 1 aliphatic carbocycles. The number of alkyl halides is 2. The summed E-state index contributed by atoms with van der Waals surface area (Å²) in [6.07, 6.45) is 2.65. The van der Waals surface area contributed by atoms with Gasteiger partial charge in [-0.3, -0.25) is 4.79 Å². The number of carboxylic acids is 1. The molecule has 0 aromatic heterocycles. The molecule has 172 valence electrons. The van der Waals surface area contributed by atoms with Crippen LogP contribution in [0.3, 0.4) is 0 Å². The summed E-state index contributed by atoms with van der Waals surface area (Å²) in [5.41, 5.74) is -1.72. The van der Waals surface area contributed by atoms with Crippen LogP contribution in [0.5, 0.6) is 11.5 Å². The van der Waals surface area contributed by atoms with Gasteiger partial charge in [-0.25, -0.2) is 4.79 Å². The Bertz CT molecular complexity index is 1090. The standard InChI is InChI=1S/C25H23Cl2NO5/c1-24(2)20(11-12-22(29)32-15-21(26)27)25(24,23(30)31)19(14-28)16-7-6-10-18(13-16)33-17-8-4-3-5-9-17/h3-13,19-21H,15H2,1-2H3,(H,30,31)/t19?,20-,25+/m0/s1. The lowest BCUT2D eigenvalue weighted by Gasteiger charge is -2.22. The van der Waals surface area contributed by atoms with E-state index in [1.165, 1.54) is 6.08 Å². The fourth-order valence-corrected chi connectivity index (χ4v) is 4.63. The fourth-order valence-electron chi connectivity index (χ4n) is 4.50. The molecule has 2 aromatic carbocycles. The third kappa shape index (κ3) is 4.85. The smallest absolute Gasteiger partial charge is 0.330 e. The summed E-state index contributed by atoms with van der Waals surface area (Å²) >= 11 is 11.1. The Labute approximate surface area is 202 Å². The maximum Gasteiger partial charge on any atom is 0.330 e. The molecular formula is C25H23Cl2NO5. The first kappa shape index (κ1) is 24.6. The van der Waals surface area contributed by atoms with Gasteiger partial charge in [0.05, 0.1) is 12.0 Å². The van der Waals surface area contributed by atoms with Gasteiger partial charge in [-0.2, -0.15) is 5.26 Å². The second kappa shape index (κ2) is 9.86. The van der Waals surface area contributed by atoms with E-state index in [9.17, 15) is 20.0 Å². The van der Waals surface area contributed by atoms with Crippen molar-refractivity contribution in [1.82, 2.24) is 0 Å². The van der Waals surface area contributed by atoms with E-state index in [4.69, 9.17) is 32.7 Å². The molecule has 0 amide bonds. The Morgan fingerprint density at radius 2 is 1.82 bits per heavy atom. The molecule has 0 saturated heterocycles. The van der Waals surface area contributed by atoms with Crippen LogP contribution in [0.15, 0.2) is 66.7 Å². The largest absolute Gasteiger partial charge is 0.481 e. The van der Waals surface area contributed by atoms with Gasteiger partial charge in [-0.05, 0) is 35.2 Å². The second-order valence-electron chi connectivity index (χ2n) is 8.30. The number of allylic oxidation sites excluding steroid dienone is 1. The van der Waals surface area contributed by atoms with Crippen LogP contribution in [-0.2, 0) is 14.3 Å². The second-order valence-corrected chi connectivity index (χ2v) is 9.58. The van der Waals surface area contributed by atoms with Crippen LogP contribution in [0.25, 0.3) is 0 Å². The topological polar surface area (TPSA) is 96.6 Å². The minimum atomic E-state index is -1.44. The van der Waals surface area contributed by atoms with Crippen molar-refractivity contribution in [2.75, 3.05) is 6.61 Å². The first-order chi connectivity index (χ1) is 15.6. The Morgan fingerprint density at radius 1 is 1.15 bits per heavy atom. The normalized spacial score (nSPS) is 21.9. The molecule has 8 heteroatoms. The lowest BCUT2D eigenvalue weighted by atomic mass is 9.78. The van der Waals surface area contributed by atoms with Gasteiger partial charge in [0.2, 0.25) is 0 Å². The van der Waals surface area contributed by atoms with Gasteiger partial charge in [0.25, 0.3) is 0 Å². The molecule has 1 unspecified atom stereocenters. The van der Waals surface area contributed by atoms with Crippen molar-refractivity contribution in [2.24, 2.45) is 16.7 Å². The van der Waals surface area contributed by atoms with Crippen molar-refractivity contribution in [3.05, 3.63) is 72.3 Å². The van der Waals surface area contributed by atoms with Crippen molar-refractivity contribution in [3.8, 4) is 17.6 Å². The lowest BCUT2D eigenvalue weighted by Crippen LogP contribution is -2.28. The summed E-state index contributed by atoms with van der Waals surface area (Å²) in [5, 5.41) is 20.3. The summed E-state index contributed by atoms with van der Waals surface area (Å²) in [6, 6.07) is 18.2. The van der Waals surface area contributed by atoms with Crippen molar-refractivity contribution in [3.63, 3.8) is 0 Å². The number of halogens is 2. The number of nitriles is 1. The van der Waals surface area contributed by atoms with Gasteiger partial charge >= 0.3 is 11.9 Å². The highest BCUT2D eigenvalue weighted by molar-refractivity contribution is 6.44. The molecular weight excluding hydrogens is 465 g/mol. The molecule has 3 atom stereocenters. The van der Waals surface area contributed by atoms with Gasteiger partial charge in [-0.1, -0.05) is 50.3 Å². The van der Waals surface area contributed by atoms with E-state index in [1.807, 2.05) is 18.2 Å². The van der Waals surface area contributed by atoms with E-state index >= 15 is 0 Å². The molecule has 0 bridgehead atoms. The molecule has 3 rings (SSSR count). The number of hydrogen-bond donors (Lipinski definition) is 1. The summed E-state index contributed by atoms with van der Waals surface area (Å²) < 4.78 is 10.8. The van der Waals surface area contributed by atoms with Crippen molar-refractivity contribution >= 4 is 35.1 Å². The molecule has 1 N–H and O–H groups in total. The highest BCUT2D eigenvalue weighted by Crippen LogP contribution is 2.75. The number of carbonyl (C=O) groups is 2. The third-order valence-electron chi connectivity index (χ3n) is 6.14. The number of carboxylic acid groups (broad SMARTS) is 1. The minimum Gasteiger partial charge on any atom is -0.481 e. The van der Waals surface area contributed by atoms with Crippen LogP contribution in [0.1, 0.15) is 25.3 Å². The predicted molar refractivity (Wildman–Crippen MR) is 124 cm³/mol. The molecule has 6 nitrogen and oxygen atoms in total. The van der Waals surface area contributed by atoms with E-state index in [0.29, 0.717) is 17.1 Å². The number of ether oxygens (including phenoxy) is 2. The highest BCUT2D eigenvalue weighted by Gasteiger charge is 2.78. The van der Waals surface area contributed by atoms with Crippen molar-refractivity contribution in [2.45, 2.75) is 24.6 Å². The van der Waals surface area contributed by atoms with Crippen LogP contribution in [0, 0.1) is 28.1 Å². The Balaban J connectivity index is 1.90. The SMILES string of the molecule is CC1(C)[C@H](C=CC(=O)OCC(Cl)Cl)[C@@]1(C(=O)O)C(C#N)c1cccc(Oc2ccccc2)c1. The van der Waals surface area contributed by atoms with Crippen LogP contribution in [-0.4, -0.2) is 28.5 Å². The van der Waals surface area contributed by atoms with Gasteiger partial charge in [0.1, 0.15) is 28.4 Å². The first-order valence-corrected chi connectivity index (χ1v) is 11.1. The zero-order chi connectivity index (χ0) is 24.2. The van der Waals surface area contributed by atoms with E-state index in [1.54, 1.807) is 50.2 Å². The number of benzene rings is 2. The van der Waals surface area contributed by atoms with Crippen LogP contribution >= 0.6 is 23.2 Å². The molecule has 0 radical (unpaired) electrons. The Morgan fingerprint density at radius 3 is 2.42 bits per heavy atom. The van der Waals surface area contributed by atoms with Crippen molar-refractivity contribution < 1.29 is 24.2 Å². The summed E-state index contributed by atoms with van der Waals surface area (Å²) in [6.45, 7) is 3.35. The number of hydrogen-bond acceptors (Lipinski definition) is 5. The maximum atomic E-state index is 12.6. The lowest BCUT2D eigenvalue weighted by molar-refractivity contribution is -0.145. The quantitative estimate of drug-likeness (QED) is 0.276. The number of para-hydroxylation sites is 1. The molecule has 2 aromatic rings. The van der Waals surface area contributed by atoms with Crippen LogP contribution < -0.4 is 4.74 Å². The highest BCUT2D eigenvalue weighted by atomic mass is 35.5. The molecule has 1 saturated carbocycles. The molecule has 0 spiro atoms. The number of esters is 1. The zero-order valence-corrected chi connectivity index (χ0v) is 19.6. The van der Waals surface area contributed by atoms with Gasteiger partial charge in [0.15, 0.2) is 0 Å². The number of nitrogens with zero attached hydrogens (tertiary/aromatic N) is 1. The number of aliphatic carboxylic acids is 1. The van der Waals surface area contributed by atoms with Crippen molar-refractivity contribution in [1.29, 1.82) is 5.26 Å². The summed E-state index contributed by atoms with van der Waals surface area (Å²) in [4.78, 5) is 23.6. The monoisotopic (exact) mass is 487 g/mol. The third-order valence-corrected chi connectivity index (χ3v) is 6.39. The van der Waals surface area contributed by atoms with Gasteiger partial charge < -0.3 is 14.6 Å². The van der Waals surface area contributed by atoms with E-state index in [2.05, 4.69) is 6.07 Å². The Kier molecular flexibility index (Phi) is 7.36. The molecule has 0 heterocycles. The summed E-state index contributed by atoms with van der Waals surface area (Å²) in [7, 11) is 0. The predicted octanol–water partition coefficient (Wildman–Crippen LogP) is 5.72. The summed E-state index contributed by atoms with van der Waals surface area (Å²) in [5.74, 6) is -2.25. The van der Waals surface area contributed by atoms with Crippen LogP contribution in [0.2, 0.25) is 0 Å². The van der Waals surface area contributed by atoms with E-state index < -0.39 is 39.4 Å². The Hall–Kier alpha value is -3.01. The zero-order valence-electron chi connectivity index (χ0n) is 18.1. The maximum absolute atomic E-state index is 12.6. The first-order valence-electron chi connectivity index (χ1n) is 10.2. The molecule has 33 heavy (non-hydrogen) atoms. The van der Waals surface area contributed by atoms with Gasteiger partial charge in [-0.15, -0.1) is 23.2 Å². The van der Waals surface area contributed by atoms with E-state index in [-0.39, 0.29) is 6.61 Å². The average molecular weight is 488 g/mol. The van der Waals surface area contributed by atoms with E-state index in [0.717, 1.165) is 6.08 Å². The van der Waals surface area contributed by atoms with Gasteiger partial charge in [0, 0.05) is 12.0 Å². The minimum absolute atomic E-state index is 0.181.